The van der Waals surface area contributed by atoms with E-state index < -0.39 is 24.7 Å². The van der Waals surface area contributed by atoms with E-state index in [0.717, 1.165) is 5.56 Å². The lowest BCUT2D eigenvalue weighted by Gasteiger charge is -2.12. The van der Waals surface area contributed by atoms with Gasteiger partial charge in [-0.2, -0.15) is 0 Å². The molecule has 0 unspecified atom stereocenters. The lowest BCUT2D eigenvalue weighted by atomic mass is 10.1. The van der Waals surface area contributed by atoms with E-state index in [0.29, 0.717) is 30.2 Å². The Morgan fingerprint density at radius 1 is 1.20 bits per heavy atom. The summed E-state index contributed by atoms with van der Waals surface area (Å²) in [7, 11) is 0. The minimum atomic E-state index is -0.757. The van der Waals surface area contributed by atoms with Gasteiger partial charge in [-0.3, -0.25) is 4.79 Å². The van der Waals surface area contributed by atoms with Crippen molar-refractivity contribution in [3.05, 3.63) is 46.8 Å². The number of ether oxygens (including phenoxy) is 2. The lowest BCUT2D eigenvalue weighted by Crippen LogP contribution is -2.16. The highest BCUT2D eigenvalue weighted by Crippen LogP contribution is 2.32. The first-order chi connectivity index (χ1) is 12.1. The fourth-order valence-corrected chi connectivity index (χ4v) is 2.58. The molecule has 1 aromatic carbocycles. The van der Waals surface area contributed by atoms with E-state index in [9.17, 15) is 15.0 Å². The second-order valence-electron chi connectivity index (χ2n) is 5.49. The number of pyridine rings is 1. The zero-order chi connectivity index (χ0) is 17.8. The van der Waals surface area contributed by atoms with E-state index in [1.54, 1.807) is 0 Å². The van der Waals surface area contributed by atoms with Crippen LogP contribution in [0, 0.1) is 0 Å². The molecule has 1 aromatic heterocycles. The highest BCUT2D eigenvalue weighted by molar-refractivity contribution is 5.97. The highest BCUT2D eigenvalue weighted by atomic mass is 16.7. The molecule has 2 heterocycles. The van der Waals surface area contributed by atoms with Crippen molar-refractivity contribution in [2.75, 3.05) is 13.4 Å². The van der Waals surface area contributed by atoms with E-state index >= 15 is 0 Å². The molecule has 0 atom stereocenters. The maximum atomic E-state index is 11.5. The fourth-order valence-electron chi connectivity index (χ4n) is 2.58. The van der Waals surface area contributed by atoms with Gasteiger partial charge < -0.3 is 30.1 Å². The molecule has 132 valence electrons. The van der Waals surface area contributed by atoms with Crippen LogP contribution in [-0.2, 0) is 19.7 Å². The number of hydrogen-bond acceptors (Lipinski definition) is 8. The topological polar surface area (TPSA) is 121 Å². The van der Waals surface area contributed by atoms with Crippen molar-refractivity contribution < 1.29 is 29.6 Å². The van der Waals surface area contributed by atoms with Gasteiger partial charge >= 0.3 is 0 Å². The Morgan fingerprint density at radius 2 is 2.00 bits per heavy atom. The van der Waals surface area contributed by atoms with Crippen LogP contribution in [0.4, 0.5) is 0 Å². The smallest absolute Gasteiger partial charge is 0.231 e. The minimum Gasteiger partial charge on any atom is -0.505 e. The normalized spacial score (nSPS) is 12.4. The average Bonchev–Trinajstić information content (AvgIpc) is 3.09. The first-order valence-electron chi connectivity index (χ1n) is 7.68. The Kier molecular flexibility index (Phi) is 5.13. The quantitative estimate of drug-likeness (QED) is 0.534. The summed E-state index contributed by atoms with van der Waals surface area (Å²) in [6, 6.07) is 5.62. The number of ketones is 1. The molecular weight excluding hydrogens is 328 g/mol. The number of aromatic hydroxyl groups is 1. The Bertz CT molecular complexity index is 793. The first kappa shape index (κ1) is 17.2. The maximum absolute atomic E-state index is 11.5. The van der Waals surface area contributed by atoms with Crippen LogP contribution in [0.25, 0.3) is 0 Å². The third-order valence-corrected chi connectivity index (χ3v) is 3.89. The second kappa shape index (κ2) is 7.47. The zero-order valence-electron chi connectivity index (χ0n) is 13.4. The number of carbonyl (C=O) groups is 1. The van der Waals surface area contributed by atoms with Crippen LogP contribution in [0.5, 0.6) is 17.2 Å². The van der Waals surface area contributed by atoms with Crippen LogP contribution in [-0.4, -0.2) is 39.5 Å². The summed E-state index contributed by atoms with van der Waals surface area (Å²) < 4.78 is 10.6. The molecule has 8 nitrogen and oxygen atoms in total. The minimum absolute atomic E-state index is 0.213. The summed E-state index contributed by atoms with van der Waals surface area (Å²) in [5.74, 6) is 0.308. The van der Waals surface area contributed by atoms with E-state index in [1.807, 2.05) is 18.2 Å². The highest BCUT2D eigenvalue weighted by Gasteiger charge is 2.18. The Hall–Kier alpha value is -2.68. The average molecular weight is 346 g/mol. The summed E-state index contributed by atoms with van der Waals surface area (Å²) >= 11 is 0. The van der Waals surface area contributed by atoms with Gasteiger partial charge in [-0.25, -0.2) is 4.98 Å². The fraction of sp³-hybridized carbons (Fsp3) is 0.294. The molecule has 0 bridgehead atoms. The van der Waals surface area contributed by atoms with Crippen molar-refractivity contribution in [1.29, 1.82) is 0 Å². The number of rotatable bonds is 7. The standard InChI is InChI=1S/C17H18N2O6/c20-7-12-11(6-19-16(17(12)23)13(22)8-21)5-18-4-10-1-2-14-15(3-10)25-9-24-14/h1-3,6,18,20-21,23H,4-5,7-9H2. The van der Waals surface area contributed by atoms with Crippen LogP contribution in [0.2, 0.25) is 0 Å². The molecule has 0 saturated carbocycles. The zero-order valence-corrected chi connectivity index (χ0v) is 13.4. The van der Waals surface area contributed by atoms with Gasteiger partial charge in [0.15, 0.2) is 22.9 Å². The van der Waals surface area contributed by atoms with E-state index in [4.69, 9.17) is 14.6 Å². The van der Waals surface area contributed by atoms with Crippen molar-refractivity contribution in [3.8, 4) is 17.2 Å². The summed E-state index contributed by atoms with van der Waals surface area (Å²) in [5.41, 5.74) is 1.52. The molecule has 0 radical (unpaired) electrons. The Morgan fingerprint density at radius 3 is 2.76 bits per heavy atom. The molecule has 0 spiro atoms. The molecule has 0 aliphatic carbocycles. The van der Waals surface area contributed by atoms with Crippen molar-refractivity contribution in [2.24, 2.45) is 0 Å². The van der Waals surface area contributed by atoms with Crippen LogP contribution in [0.1, 0.15) is 27.2 Å². The van der Waals surface area contributed by atoms with E-state index in [2.05, 4.69) is 10.3 Å². The van der Waals surface area contributed by atoms with Crippen molar-refractivity contribution in [3.63, 3.8) is 0 Å². The number of aliphatic hydroxyl groups excluding tert-OH is 2. The van der Waals surface area contributed by atoms with E-state index in [-0.39, 0.29) is 18.1 Å². The van der Waals surface area contributed by atoms with Crippen LogP contribution in [0.15, 0.2) is 24.4 Å². The van der Waals surface area contributed by atoms with Crippen LogP contribution < -0.4 is 14.8 Å². The van der Waals surface area contributed by atoms with Gasteiger partial charge in [-0.05, 0) is 23.3 Å². The number of aromatic nitrogens is 1. The predicted octanol–water partition coefficient (Wildman–Crippen LogP) is 0.473. The van der Waals surface area contributed by atoms with Gasteiger partial charge in [-0.1, -0.05) is 6.07 Å². The number of nitrogens with zero attached hydrogens (tertiary/aromatic N) is 1. The van der Waals surface area contributed by atoms with Crippen molar-refractivity contribution in [1.82, 2.24) is 10.3 Å². The molecule has 4 N–H and O–H groups in total. The lowest BCUT2D eigenvalue weighted by molar-refractivity contribution is 0.0895. The van der Waals surface area contributed by atoms with Crippen LogP contribution >= 0.6 is 0 Å². The number of hydrogen-bond donors (Lipinski definition) is 4. The summed E-state index contributed by atoms with van der Waals surface area (Å²) in [6.07, 6.45) is 1.40. The molecule has 1 aliphatic rings. The molecule has 0 amide bonds. The number of carbonyl (C=O) groups excluding carboxylic acids is 1. The molecule has 2 aromatic rings. The molecule has 25 heavy (non-hydrogen) atoms. The molecule has 0 saturated heterocycles. The molecule has 1 aliphatic heterocycles. The van der Waals surface area contributed by atoms with Crippen LogP contribution in [0.3, 0.4) is 0 Å². The van der Waals surface area contributed by atoms with Gasteiger partial charge in [0, 0.05) is 24.8 Å². The third kappa shape index (κ3) is 3.55. The number of Topliss-reactive ketones (excluding diaryl/α,β-unsaturated/α-hetero) is 1. The van der Waals surface area contributed by atoms with Crippen molar-refractivity contribution in [2.45, 2.75) is 19.7 Å². The van der Waals surface area contributed by atoms with Gasteiger partial charge in [0.05, 0.1) is 6.61 Å². The van der Waals surface area contributed by atoms with E-state index in [1.165, 1.54) is 6.20 Å². The third-order valence-electron chi connectivity index (χ3n) is 3.89. The number of fused-ring (bicyclic) bond motifs is 1. The Balaban J connectivity index is 1.68. The Labute approximate surface area is 143 Å². The van der Waals surface area contributed by atoms with Gasteiger partial charge in [-0.15, -0.1) is 0 Å². The number of nitrogens with one attached hydrogen (secondary N) is 1. The summed E-state index contributed by atoms with van der Waals surface area (Å²) in [5, 5.41) is 31.6. The van der Waals surface area contributed by atoms with Gasteiger partial charge in [0.2, 0.25) is 12.6 Å². The molecular formula is C17H18N2O6. The maximum Gasteiger partial charge on any atom is 0.231 e. The van der Waals surface area contributed by atoms with Gasteiger partial charge in [0.25, 0.3) is 0 Å². The van der Waals surface area contributed by atoms with Gasteiger partial charge in [0.1, 0.15) is 6.61 Å². The first-order valence-corrected chi connectivity index (χ1v) is 7.68. The summed E-state index contributed by atoms with van der Waals surface area (Å²) in [4.78, 5) is 15.4. The SMILES string of the molecule is O=C(CO)c1ncc(CNCc2ccc3c(c2)OCO3)c(CO)c1O. The number of benzene rings is 1. The predicted molar refractivity (Wildman–Crippen MR) is 86.3 cm³/mol. The summed E-state index contributed by atoms with van der Waals surface area (Å²) in [6.45, 7) is -0.123. The second-order valence-corrected chi connectivity index (χ2v) is 5.49. The number of aliphatic hydroxyl groups is 2. The largest absolute Gasteiger partial charge is 0.505 e. The van der Waals surface area contributed by atoms with Crippen molar-refractivity contribution >= 4 is 5.78 Å². The molecule has 8 heteroatoms. The molecule has 0 fully saturated rings. The monoisotopic (exact) mass is 346 g/mol. The molecule has 3 rings (SSSR count).